The molecule has 6 N–H and O–H groups in total. The first kappa shape index (κ1) is 46.5. The third-order valence-electron chi connectivity index (χ3n) is 8.26. The van der Waals surface area contributed by atoms with Crippen molar-refractivity contribution in [2.24, 2.45) is 5.18 Å². The van der Waals surface area contributed by atoms with E-state index in [0.717, 1.165) is 19.3 Å². The van der Waals surface area contributed by atoms with Gasteiger partial charge in [0.2, 0.25) is 35.4 Å². The lowest BCUT2D eigenvalue weighted by Crippen LogP contribution is -2.31. The molecule has 0 radical (unpaired) electrons. The van der Waals surface area contributed by atoms with E-state index in [1.54, 1.807) is 10.8 Å². The molecule has 1 aromatic heterocycles. The maximum atomic E-state index is 12.2. The summed E-state index contributed by atoms with van der Waals surface area (Å²) in [7, 11) is 0. The lowest BCUT2D eigenvalue weighted by molar-refractivity contribution is -0.166. The molecule has 19 nitrogen and oxygen atoms in total. The molecule has 0 spiro atoms. The SMILES string of the molecule is CC(=O)N(O)CCCCCNC(=O)CCC(=O)N(O)CCCCCNC(=O)CCC(=O)N(O)CCCCCNC(=O)CCCCCn1ccnc1N=O. The zero-order valence-electron chi connectivity index (χ0n) is 31.0. The first-order valence-corrected chi connectivity index (χ1v) is 18.5. The number of nitrogens with zero attached hydrogens (tertiary/aromatic N) is 6. The van der Waals surface area contributed by atoms with Crippen molar-refractivity contribution < 1.29 is 44.4 Å². The molecule has 0 saturated carbocycles. The van der Waals surface area contributed by atoms with Crippen LogP contribution in [0.2, 0.25) is 0 Å². The predicted molar refractivity (Wildman–Crippen MR) is 191 cm³/mol. The van der Waals surface area contributed by atoms with Crippen LogP contribution in [0.15, 0.2) is 17.6 Å². The molecule has 19 heteroatoms. The Morgan fingerprint density at radius 2 is 1.04 bits per heavy atom. The van der Waals surface area contributed by atoms with Crippen molar-refractivity contribution in [2.45, 2.75) is 123 Å². The maximum absolute atomic E-state index is 12.2. The average Bonchev–Trinajstić information content (AvgIpc) is 3.60. The summed E-state index contributed by atoms with van der Waals surface area (Å²) in [6.07, 6.45) is 11.2. The van der Waals surface area contributed by atoms with Gasteiger partial charge in [0.15, 0.2) is 0 Å². The number of hydrogen-bond donors (Lipinski definition) is 6. The summed E-state index contributed by atoms with van der Waals surface area (Å²) in [5.74, 6) is -2.07. The van der Waals surface area contributed by atoms with Gasteiger partial charge in [-0.15, -0.1) is 4.91 Å². The van der Waals surface area contributed by atoms with Crippen LogP contribution in [0.3, 0.4) is 0 Å². The second-order valence-electron chi connectivity index (χ2n) is 12.7. The molecule has 300 valence electrons. The number of carbonyl (C=O) groups is 6. The molecule has 0 aliphatic carbocycles. The Balaban J connectivity index is 1.97. The van der Waals surface area contributed by atoms with Crippen LogP contribution < -0.4 is 16.0 Å². The minimum absolute atomic E-state index is 0.0371. The minimum atomic E-state index is -0.566. The van der Waals surface area contributed by atoms with Gasteiger partial charge >= 0.3 is 0 Å². The number of hydroxylamine groups is 6. The quantitative estimate of drug-likeness (QED) is 0.0278. The Bertz CT molecular complexity index is 1260. The number of hydrogen-bond acceptors (Lipinski definition) is 12. The van der Waals surface area contributed by atoms with Gasteiger partial charge in [-0.3, -0.25) is 44.4 Å². The normalized spacial score (nSPS) is 10.7. The summed E-state index contributed by atoms with van der Waals surface area (Å²) in [6.45, 7) is 3.59. The van der Waals surface area contributed by atoms with E-state index in [0.29, 0.717) is 106 Å². The van der Waals surface area contributed by atoms with Crippen LogP contribution in [0.5, 0.6) is 0 Å². The van der Waals surface area contributed by atoms with Gasteiger partial charge in [-0.25, -0.2) is 20.2 Å². The molecule has 0 aliphatic rings. The molecule has 0 aliphatic heterocycles. The topological polar surface area (TPSA) is 256 Å². The average molecular weight is 754 g/mol. The number of amides is 6. The van der Waals surface area contributed by atoms with Crippen molar-refractivity contribution in [2.75, 3.05) is 39.3 Å². The van der Waals surface area contributed by atoms with Gasteiger partial charge in [-0.2, -0.15) is 0 Å². The molecule has 0 atom stereocenters. The van der Waals surface area contributed by atoms with E-state index in [1.807, 2.05) is 0 Å². The third-order valence-corrected chi connectivity index (χ3v) is 8.26. The van der Waals surface area contributed by atoms with Gasteiger partial charge in [-0.05, 0) is 70.6 Å². The summed E-state index contributed by atoms with van der Waals surface area (Å²) in [5, 5.41) is 42.2. The summed E-state index contributed by atoms with van der Waals surface area (Å²) in [6, 6.07) is 0. The Hall–Kier alpha value is -4.49. The van der Waals surface area contributed by atoms with Gasteiger partial charge in [0.1, 0.15) is 0 Å². The van der Waals surface area contributed by atoms with E-state index in [9.17, 15) is 49.3 Å². The first-order chi connectivity index (χ1) is 25.4. The number of rotatable bonds is 31. The number of unbranched alkanes of at least 4 members (excludes halogenated alkanes) is 8. The largest absolute Gasteiger partial charge is 0.356 e. The van der Waals surface area contributed by atoms with E-state index in [1.165, 1.54) is 13.1 Å². The van der Waals surface area contributed by atoms with E-state index in [2.05, 4.69) is 26.1 Å². The van der Waals surface area contributed by atoms with Crippen molar-refractivity contribution in [3.8, 4) is 0 Å². The van der Waals surface area contributed by atoms with Crippen molar-refractivity contribution in [3.05, 3.63) is 17.3 Å². The molecule has 1 rings (SSSR count). The summed E-state index contributed by atoms with van der Waals surface area (Å²) in [4.78, 5) is 85.6. The Morgan fingerprint density at radius 3 is 1.49 bits per heavy atom. The van der Waals surface area contributed by atoms with Crippen molar-refractivity contribution in [1.29, 1.82) is 0 Å². The van der Waals surface area contributed by atoms with Gasteiger partial charge in [-0.1, -0.05) is 6.42 Å². The molecule has 53 heavy (non-hydrogen) atoms. The van der Waals surface area contributed by atoms with Crippen molar-refractivity contribution in [3.63, 3.8) is 0 Å². The summed E-state index contributed by atoms with van der Waals surface area (Å²) >= 11 is 0. The molecule has 0 unspecified atom stereocenters. The summed E-state index contributed by atoms with van der Waals surface area (Å²) < 4.78 is 1.68. The zero-order chi connectivity index (χ0) is 39.3. The predicted octanol–water partition coefficient (Wildman–Crippen LogP) is 2.93. The van der Waals surface area contributed by atoms with Gasteiger partial charge < -0.3 is 20.5 Å². The van der Waals surface area contributed by atoms with Crippen LogP contribution in [0, 0.1) is 4.91 Å². The van der Waals surface area contributed by atoms with Crippen LogP contribution >= 0.6 is 0 Å². The number of carbonyl (C=O) groups excluding carboxylic acids is 6. The monoisotopic (exact) mass is 753 g/mol. The highest BCUT2D eigenvalue weighted by atomic mass is 16.5. The smallest absolute Gasteiger partial charge is 0.271 e. The van der Waals surface area contributed by atoms with Crippen LogP contribution in [-0.4, -0.2) is 115 Å². The number of nitrogens with one attached hydrogen (secondary N) is 3. The lowest BCUT2D eigenvalue weighted by atomic mass is 10.2. The standard InChI is InChI=1S/C34H59N9O10/c1-28(44)41(51)24-11-3-7-20-36-30(46)15-17-33(49)43(53)26-13-5-9-21-37-31(47)16-18-32(48)42(52)25-12-4-8-19-35-29(45)14-6-2-10-23-40-27-22-38-34(40)39-50/h22,27,51-53H,2-21,23-26H2,1H3,(H,35,45)(H,36,46)(H,37,47). The van der Waals surface area contributed by atoms with Crippen LogP contribution in [-0.2, 0) is 35.3 Å². The molecule has 1 aromatic rings. The second kappa shape index (κ2) is 29.0. The second-order valence-corrected chi connectivity index (χ2v) is 12.7. The van der Waals surface area contributed by atoms with Crippen LogP contribution in [0.4, 0.5) is 5.95 Å². The highest BCUT2D eigenvalue weighted by molar-refractivity contribution is 5.83. The molecule has 0 bridgehead atoms. The fraction of sp³-hybridized carbons (Fsp3) is 0.735. The summed E-state index contributed by atoms with van der Waals surface area (Å²) in [5.41, 5.74) is 0. The van der Waals surface area contributed by atoms with Gasteiger partial charge in [0.25, 0.3) is 5.95 Å². The Morgan fingerprint density at radius 1 is 0.604 bits per heavy atom. The molecule has 0 fully saturated rings. The Kier molecular flexibility index (Phi) is 25.5. The fourth-order valence-corrected chi connectivity index (χ4v) is 5.06. The maximum Gasteiger partial charge on any atom is 0.271 e. The molecule has 0 aromatic carbocycles. The lowest BCUT2D eigenvalue weighted by Gasteiger charge is -2.15. The minimum Gasteiger partial charge on any atom is -0.356 e. The number of imidazole rings is 1. The van der Waals surface area contributed by atoms with Crippen LogP contribution in [0.25, 0.3) is 0 Å². The molecular weight excluding hydrogens is 694 g/mol. The van der Waals surface area contributed by atoms with Crippen molar-refractivity contribution >= 4 is 41.4 Å². The van der Waals surface area contributed by atoms with Gasteiger partial charge in [0.05, 0.1) is 0 Å². The molecular formula is C34H59N9O10. The molecule has 1 heterocycles. The number of aryl methyl sites for hydroxylation is 1. The first-order valence-electron chi connectivity index (χ1n) is 18.5. The van der Waals surface area contributed by atoms with Gasteiger partial charge in [0, 0.05) is 102 Å². The van der Waals surface area contributed by atoms with E-state index in [4.69, 9.17) is 0 Å². The van der Waals surface area contributed by atoms with E-state index < -0.39 is 17.7 Å². The van der Waals surface area contributed by atoms with E-state index in [-0.39, 0.29) is 69.0 Å². The third kappa shape index (κ3) is 23.6. The Labute approximate surface area is 310 Å². The van der Waals surface area contributed by atoms with Crippen molar-refractivity contribution in [1.82, 2.24) is 40.7 Å². The van der Waals surface area contributed by atoms with Crippen LogP contribution in [0.1, 0.15) is 116 Å². The number of aromatic nitrogens is 2. The molecule has 6 amide bonds. The highest BCUT2D eigenvalue weighted by Crippen LogP contribution is 2.11. The fourth-order valence-electron chi connectivity index (χ4n) is 5.06. The van der Waals surface area contributed by atoms with E-state index >= 15 is 0 Å². The number of nitroso groups, excluding NO2 is 1. The zero-order valence-corrected chi connectivity index (χ0v) is 31.0. The highest BCUT2D eigenvalue weighted by Gasteiger charge is 2.14. The molecule has 0 saturated heterocycles.